The number of hydrogen-bond donors (Lipinski definition) is 2. The summed E-state index contributed by atoms with van der Waals surface area (Å²) in [5.74, 6) is 1.41. The van der Waals surface area contributed by atoms with Crippen LogP contribution in [0.4, 0.5) is 5.69 Å². The maximum absolute atomic E-state index is 12.0. The lowest BCUT2D eigenvalue weighted by Crippen LogP contribution is -2.36. The summed E-state index contributed by atoms with van der Waals surface area (Å²) >= 11 is 1.68. The number of rotatable bonds is 8. The number of carbonyl (C=O) groups excluding carboxylic acids is 1. The van der Waals surface area contributed by atoms with Crippen LogP contribution in [0.25, 0.3) is 5.65 Å². The predicted molar refractivity (Wildman–Crippen MR) is 120 cm³/mol. The fourth-order valence-electron chi connectivity index (χ4n) is 2.46. The summed E-state index contributed by atoms with van der Waals surface area (Å²) in [6, 6.07) is 12.6. The van der Waals surface area contributed by atoms with E-state index in [1.54, 1.807) is 23.9 Å². The highest BCUT2D eigenvalue weighted by Gasteiger charge is 2.13. The van der Waals surface area contributed by atoms with Crippen molar-refractivity contribution in [2.45, 2.75) is 19.1 Å². The molecule has 2 heterocycles. The van der Waals surface area contributed by atoms with Crippen molar-refractivity contribution in [2.75, 3.05) is 17.3 Å². The molecule has 28 heavy (non-hydrogen) atoms. The molecular formula is C19H24Cl2N4O2S. The number of fused-ring (bicyclic) bond motifs is 1. The van der Waals surface area contributed by atoms with Gasteiger partial charge in [-0.05, 0) is 54.8 Å². The number of aromatic nitrogens is 2. The van der Waals surface area contributed by atoms with Crippen molar-refractivity contribution in [3.05, 3.63) is 60.6 Å². The van der Waals surface area contributed by atoms with Crippen molar-refractivity contribution >= 4 is 53.8 Å². The van der Waals surface area contributed by atoms with Crippen molar-refractivity contribution in [3.8, 4) is 5.75 Å². The quantitative estimate of drug-likeness (QED) is 0.554. The zero-order valence-corrected chi connectivity index (χ0v) is 17.9. The van der Waals surface area contributed by atoms with Crippen LogP contribution < -0.4 is 15.8 Å². The monoisotopic (exact) mass is 442 g/mol. The molecule has 1 atom stereocenters. The van der Waals surface area contributed by atoms with Gasteiger partial charge in [0.1, 0.15) is 18.0 Å². The number of hydrogen-bond acceptors (Lipinski definition) is 5. The van der Waals surface area contributed by atoms with Gasteiger partial charge in [-0.15, -0.1) is 24.8 Å². The number of halogens is 2. The standard InChI is InChI=1S/C19H22N4O2S.2ClH/c1-26-11-9-17(20)19(24)22-14-5-7-16(8-6-14)25-13-15-12-23-10-3-2-4-18(23)21-15;;/h2-8,10,12,17H,9,11,13,20H2,1H3,(H,22,24);2*1H/t17-;;/m0../s1. The lowest BCUT2D eigenvalue weighted by atomic mass is 10.2. The minimum absolute atomic E-state index is 0. The summed E-state index contributed by atoms with van der Waals surface area (Å²) in [4.78, 5) is 16.5. The number of nitrogens with one attached hydrogen (secondary N) is 1. The highest BCUT2D eigenvalue weighted by molar-refractivity contribution is 7.98. The van der Waals surface area contributed by atoms with Gasteiger partial charge in [0.25, 0.3) is 0 Å². The first-order valence-corrected chi connectivity index (χ1v) is 9.76. The Kier molecular flexibility index (Phi) is 10.2. The van der Waals surface area contributed by atoms with Crippen molar-refractivity contribution < 1.29 is 9.53 Å². The third kappa shape index (κ3) is 6.60. The number of thioether (sulfide) groups is 1. The number of imidazole rings is 1. The summed E-state index contributed by atoms with van der Waals surface area (Å²) in [6.45, 7) is 0.382. The van der Waals surface area contributed by atoms with E-state index in [0.717, 1.165) is 17.1 Å². The van der Waals surface area contributed by atoms with E-state index in [1.165, 1.54) is 0 Å². The van der Waals surface area contributed by atoms with Gasteiger partial charge >= 0.3 is 0 Å². The van der Waals surface area contributed by atoms with Crippen molar-refractivity contribution in [1.82, 2.24) is 9.38 Å². The summed E-state index contributed by atoms with van der Waals surface area (Å²) < 4.78 is 7.72. The molecule has 3 aromatic rings. The van der Waals surface area contributed by atoms with Crippen LogP contribution in [0.15, 0.2) is 54.9 Å². The number of benzene rings is 1. The number of anilines is 1. The first-order chi connectivity index (χ1) is 12.7. The van der Waals surface area contributed by atoms with Crippen LogP contribution in [0.5, 0.6) is 5.75 Å². The van der Waals surface area contributed by atoms with E-state index < -0.39 is 6.04 Å². The fourth-order valence-corrected chi connectivity index (χ4v) is 2.95. The summed E-state index contributed by atoms with van der Waals surface area (Å²) in [5.41, 5.74) is 8.32. The molecule has 3 N–H and O–H groups in total. The molecule has 0 aliphatic rings. The number of nitrogens with zero attached hydrogens (tertiary/aromatic N) is 2. The molecule has 0 fully saturated rings. The van der Waals surface area contributed by atoms with Gasteiger partial charge in [-0.3, -0.25) is 4.79 Å². The highest BCUT2D eigenvalue weighted by atomic mass is 35.5. The lowest BCUT2D eigenvalue weighted by molar-refractivity contribution is -0.117. The van der Waals surface area contributed by atoms with E-state index >= 15 is 0 Å². The normalized spacial score (nSPS) is 11.2. The molecule has 0 spiro atoms. The van der Waals surface area contributed by atoms with Crippen molar-refractivity contribution in [2.24, 2.45) is 5.73 Å². The SMILES string of the molecule is CSCC[C@H](N)C(=O)Nc1ccc(OCc2cn3ccccc3n2)cc1.Cl.Cl. The molecule has 152 valence electrons. The average molecular weight is 443 g/mol. The number of carbonyl (C=O) groups is 1. The molecule has 0 saturated heterocycles. The van der Waals surface area contributed by atoms with Gasteiger partial charge in [-0.2, -0.15) is 11.8 Å². The Balaban J connectivity index is 0.00000196. The Morgan fingerprint density at radius 3 is 2.68 bits per heavy atom. The van der Waals surface area contributed by atoms with E-state index in [0.29, 0.717) is 24.5 Å². The summed E-state index contributed by atoms with van der Waals surface area (Å²) in [7, 11) is 0. The Morgan fingerprint density at radius 1 is 1.25 bits per heavy atom. The predicted octanol–water partition coefficient (Wildman–Crippen LogP) is 3.78. The Labute approximate surface area is 181 Å². The second-order valence-corrected chi connectivity index (χ2v) is 6.87. The number of ether oxygens (including phenoxy) is 1. The maximum atomic E-state index is 12.0. The maximum Gasteiger partial charge on any atom is 0.241 e. The number of nitrogens with two attached hydrogens (primary N) is 1. The molecule has 3 rings (SSSR count). The van der Waals surface area contributed by atoms with Gasteiger partial charge in [0.15, 0.2) is 0 Å². The minimum atomic E-state index is -0.492. The molecule has 1 aromatic carbocycles. The van der Waals surface area contributed by atoms with Crippen LogP contribution in [-0.2, 0) is 11.4 Å². The van der Waals surface area contributed by atoms with Gasteiger partial charge in [0, 0.05) is 18.1 Å². The fraction of sp³-hybridized carbons (Fsp3) is 0.263. The highest BCUT2D eigenvalue weighted by Crippen LogP contribution is 2.17. The van der Waals surface area contributed by atoms with Gasteiger partial charge in [0.2, 0.25) is 5.91 Å². The molecule has 0 radical (unpaired) electrons. The van der Waals surface area contributed by atoms with E-state index in [1.807, 2.05) is 53.4 Å². The molecule has 6 nitrogen and oxygen atoms in total. The summed E-state index contributed by atoms with van der Waals surface area (Å²) in [5, 5.41) is 2.82. The first-order valence-electron chi connectivity index (χ1n) is 8.36. The van der Waals surface area contributed by atoms with Gasteiger partial charge in [-0.1, -0.05) is 6.07 Å². The van der Waals surface area contributed by atoms with Crippen molar-refractivity contribution in [1.29, 1.82) is 0 Å². The van der Waals surface area contributed by atoms with E-state index in [-0.39, 0.29) is 30.7 Å². The molecule has 1 amide bonds. The molecule has 0 aliphatic carbocycles. The van der Waals surface area contributed by atoms with Crippen molar-refractivity contribution in [3.63, 3.8) is 0 Å². The largest absolute Gasteiger partial charge is 0.487 e. The summed E-state index contributed by atoms with van der Waals surface area (Å²) in [6.07, 6.45) is 6.55. The lowest BCUT2D eigenvalue weighted by Gasteiger charge is -2.12. The molecule has 0 saturated carbocycles. The molecule has 9 heteroatoms. The Bertz CT molecular complexity index is 841. The molecule has 0 unspecified atom stereocenters. The molecule has 0 bridgehead atoms. The molecular weight excluding hydrogens is 419 g/mol. The first kappa shape index (κ1) is 24.1. The third-order valence-electron chi connectivity index (χ3n) is 3.89. The second-order valence-electron chi connectivity index (χ2n) is 5.89. The Hall–Kier alpha value is -1.93. The van der Waals surface area contributed by atoms with Crippen LogP contribution in [-0.4, -0.2) is 33.3 Å². The Morgan fingerprint density at radius 2 is 2.00 bits per heavy atom. The van der Waals surface area contributed by atoms with Gasteiger partial charge < -0.3 is 20.2 Å². The van der Waals surface area contributed by atoms with E-state index in [2.05, 4.69) is 10.3 Å². The van der Waals surface area contributed by atoms with Crippen LogP contribution in [0.2, 0.25) is 0 Å². The zero-order valence-electron chi connectivity index (χ0n) is 15.4. The van der Waals surface area contributed by atoms with Crippen LogP contribution >= 0.6 is 36.6 Å². The van der Waals surface area contributed by atoms with Crippen LogP contribution in [0.3, 0.4) is 0 Å². The van der Waals surface area contributed by atoms with Crippen LogP contribution in [0, 0.1) is 0 Å². The average Bonchev–Trinajstić information content (AvgIpc) is 3.08. The van der Waals surface area contributed by atoms with E-state index in [4.69, 9.17) is 10.5 Å². The third-order valence-corrected chi connectivity index (χ3v) is 4.54. The minimum Gasteiger partial charge on any atom is -0.487 e. The molecule has 0 aliphatic heterocycles. The molecule has 2 aromatic heterocycles. The smallest absolute Gasteiger partial charge is 0.241 e. The van der Waals surface area contributed by atoms with Gasteiger partial charge in [-0.25, -0.2) is 4.98 Å². The van der Waals surface area contributed by atoms with Gasteiger partial charge in [0.05, 0.1) is 11.7 Å². The topological polar surface area (TPSA) is 81.7 Å². The second kappa shape index (κ2) is 11.8. The van der Waals surface area contributed by atoms with Crippen LogP contribution in [0.1, 0.15) is 12.1 Å². The zero-order chi connectivity index (χ0) is 18.4. The number of pyridine rings is 1. The van der Waals surface area contributed by atoms with E-state index in [9.17, 15) is 4.79 Å². The number of amides is 1.